The molecule has 0 heterocycles. The molecular weight excluding hydrogens is 334 g/mol. The number of halogens is 1. The number of nitrogens with one attached hydrogen (secondary N) is 3. The molecule has 3 N–H and O–H groups in total. The monoisotopic (exact) mass is 359 g/mol. The summed E-state index contributed by atoms with van der Waals surface area (Å²) in [7, 11) is 1.85. The summed E-state index contributed by atoms with van der Waals surface area (Å²) < 4.78 is 0. The van der Waals surface area contributed by atoms with E-state index in [0.717, 1.165) is 11.3 Å². The van der Waals surface area contributed by atoms with Crippen molar-refractivity contribution in [3.63, 3.8) is 0 Å². The third-order valence-electron chi connectivity index (χ3n) is 3.24. The molecule has 0 bridgehead atoms. The molecule has 2 amide bonds. The summed E-state index contributed by atoms with van der Waals surface area (Å²) in [6.45, 7) is 6.38. The van der Waals surface area contributed by atoms with Gasteiger partial charge < -0.3 is 16.0 Å². The van der Waals surface area contributed by atoms with Crippen LogP contribution in [0.25, 0.3) is 0 Å². The van der Waals surface area contributed by atoms with Crippen molar-refractivity contribution in [2.24, 2.45) is 0 Å². The molecule has 2 unspecified atom stereocenters. The van der Waals surface area contributed by atoms with Crippen LogP contribution in [0.4, 0.5) is 5.69 Å². The van der Waals surface area contributed by atoms with Crippen molar-refractivity contribution in [1.82, 2.24) is 10.6 Å². The number of aryl methyl sites for hydroxylation is 1. The van der Waals surface area contributed by atoms with Crippen LogP contribution in [-0.2, 0) is 9.59 Å². The van der Waals surface area contributed by atoms with E-state index >= 15 is 0 Å². The highest BCUT2D eigenvalue weighted by Gasteiger charge is 2.15. The van der Waals surface area contributed by atoms with E-state index in [4.69, 9.17) is 0 Å². The summed E-state index contributed by atoms with van der Waals surface area (Å²) in [6, 6.07) is 7.86. The van der Waals surface area contributed by atoms with Crippen LogP contribution in [0.1, 0.15) is 19.4 Å². The average Bonchev–Trinajstić information content (AvgIpc) is 2.52. The van der Waals surface area contributed by atoms with E-state index in [2.05, 4.69) is 16.0 Å². The van der Waals surface area contributed by atoms with Gasteiger partial charge in [-0.1, -0.05) is 17.7 Å². The van der Waals surface area contributed by atoms with E-state index in [1.165, 1.54) is 11.8 Å². The van der Waals surface area contributed by atoms with Crippen molar-refractivity contribution in [1.29, 1.82) is 0 Å². The van der Waals surface area contributed by atoms with Gasteiger partial charge in [0.1, 0.15) is 0 Å². The minimum atomic E-state index is -0.257. The number of thioether (sulfide) groups is 1. The number of rotatable bonds is 8. The SMILES string of the molecule is CNC(C)CNC(=O)C(C)SCC(=O)Nc1ccc(C)cc1.Cl. The first kappa shape index (κ1) is 21.8. The van der Waals surface area contributed by atoms with Crippen molar-refractivity contribution in [3.8, 4) is 0 Å². The largest absolute Gasteiger partial charge is 0.354 e. The van der Waals surface area contributed by atoms with Crippen LogP contribution in [-0.4, -0.2) is 42.5 Å². The van der Waals surface area contributed by atoms with E-state index < -0.39 is 0 Å². The fourth-order valence-electron chi connectivity index (χ4n) is 1.61. The number of carbonyl (C=O) groups is 2. The van der Waals surface area contributed by atoms with Gasteiger partial charge in [0.25, 0.3) is 0 Å². The summed E-state index contributed by atoms with van der Waals surface area (Å²) in [5.74, 6) is 0.108. The van der Waals surface area contributed by atoms with Crippen LogP contribution >= 0.6 is 24.2 Å². The molecular formula is C16H26ClN3O2S. The minimum absolute atomic E-state index is 0. The fraction of sp³-hybridized carbons (Fsp3) is 0.500. The topological polar surface area (TPSA) is 70.2 Å². The van der Waals surface area contributed by atoms with Crippen molar-refractivity contribution in [3.05, 3.63) is 29.8 Å². The molecule has 0 radical (unpaired) electrons. The van der Waals surface area contributed by atoms with Crippen LogP contribution in [0.3, 0.4) is 0 Å². The normalized spacial score (nSPS) is 12.7. The Morgan fingerprint density at radius 1 is 1.17 bits per heavy atom. The third kappa shape index (κ3) is 8.83. The minimum Gasteiger partial charge on any atom is -0.354 e. The van der Waals surface area contributed by atoms with Gasteiger partial charge >= 0.3 is 0 Å². The Labute approximate surface area is 148 Å². The first-order valence-corrected chi connectivity index (χ1v) is 8.40. The average molecular weight is 360 g/mol. The second-order valence-electron chi connectivity index (χ2n) is 5.30. The highest BCUT2D eigenvalue weighted by atomic mass is 35.5. The Kier molecular flexibility index (Phi) is 10.7. The van der Waals surface area contributed by atoms with Crippen molar-refractivity contribution < 1.29 is 9.59 Å². The van der Waals surface area contributed by atoms with Crippen molar-refractivity contribution in [2.75, 3.05) is 24.7 Å². The van der Waals surface area contributed by atoms with Crippen LogP contribution in [0, 0.1) is 6.92 Å². The first-order chi connectivity index (χ1) is 10.4. The molecule has 1 aromatic carbocycles. The van der Waals surface area contributed by atoms with Crippen molar-refractivity contribution >= 4 is 41.7 Å². The van der Waals surface area contributed by atoms with Gasteiger partial charge in [-0.15, -0.1) is 24.2 Å². The van der Waals surface area contributed by atoms with Gasteiger partial charge in [-0.05, 0) is 40.0 Å². The van der Waals surface area contributed by atoms with Gasteiger partial charge in [-0.2, -0.15) is 0 Å². The smallest absolute Gasteiger partial charge is 0.234 e. The Bertz CT molecular complexity index is 497. The number of amides is 2. The molecule has 0 aliphatic rings. The number of carbonyl (C=O) groups excluding carboxylic acids is 2. The lowest BCUT2D eigenvalue weighted by Crippen LogP contribution is -2.40. The molecule has 0 spiro atoms. The Balaban J connectivity index is 0.00000484. The van der Waals surface area contributed by atoms with E-state index in [0.29, 0.717) is 6.54 Å². The van der Waals surface area contributed by atoms with E-state index in [1.807, 2.05) is 52.1 Å². The number of hydrogen-bond acceptors (Lipinski definition) is 4. The lowest BCUT2D eigenvalue weighted by atomic mass is 10.2. The molecule has 0 fully saturated rings. The molecule has 0 aromatic heterocycles. The molecule has 5 nitrogen and oxygen atoms in total. The number of anilines is 1. The molecule has 130 valence electrons. The Morgan fingerprint density at radius 3 is 2.35 bits per heavy atom. The van der Waals surface area contributed by atoms with E-state index in [1.54, 1.807) is 0 Å². The van der Waals surface area contributed by atoms with Crippen LogP contribution in [0.2, 0.25) is 0 Å². The maximum atomic E-state index is 11.9. The third-order valence-corrected chi connectivity index (χ3v) is 4.39. The highest BCUT2D eigenvalue weighted by molar-refractivity contribution is 8.01. The van der Waals surface area contributed by atoms with Gasteiger partial charge in [-0.3, -0.25) is 9.59 Å². The maximum Gasteiger partial charge on any atom is 0.234 e. The molecule has 0 saturated heterocycles. The summed E-state index contributed by atoms with van der Waals surface area (Å²) in [5, 5.41) is 8.48. The number of likely N-dealkylation sites (N-methyl/N-ethyl adjacent to an activating group) is 1. The van der Waals surface area contributed by atoms with Crippen LogP contribution in [0.5, 0.6) is 0 Å². The lowest BCUT2D eigenvalue weighted by molar-refractivity contribution is -0.120. The second kappa shape index (κ2) is 11.3. The van der Waals surface area contributed by atoms with Gasteiger partial charge in [-0.25, -0.2) is 0 Å². The molecule has 0 aliphatic heterocycles. The van der Waals surface area contributed by atoms with Gasteiger partial charge in [0.15, 0.2) is 0 Å². The predicted octanol–water partition coefficient (Wildman–Crippen LogP) is 2.20. The molecule has 23 heavy (non-hydrogen) atoms. The summed E-state index contributed by atoms with van der Waals surface area (Å²) >= 11 is 1.33. The summed E-state index contributed by atoms with van der Waals surface area (Å²) in [5.41, 5.74) is 1.92. The molecule has 2 atom stereocenters. The molecule has 0 aliphatic carbocycles. The second-order valence-corrected chi connectivity index (χ2v) is 6.63. The Hall–Kier alpha value is -1.24. The van der Waals surface area contributed by atoms with Crippen LogP contribution in [0.15, 0.2) is 24.3 Å². The highest BCUT2D eigenvalue weighted by Crippen LogP contribution is 2.13. The Morgan fingerprint density at radius 2 is 1.78 bits per heavy atom. The zero-order valence-electron chi connectivity index (χ0n) is 14.0. The predicted molar refractivity (Wildman–Crippen MR) is 101 cm³/mol. The van der Waals surface area contributed by atoms with Gasteiger partial charge in [0.05, 0.1) is 11.0 Å². The van der Waals surface area contributed by atoms with Crippen LogP contribution < -0.4 is 16.0 Å². The van der Waals surface area contributed by atoms with Gasteiger partial charge in [0, 0.05) is 18.3 Å². The summed E-state index contributed by atoms with van der Waals surface area (Å²) in [4.78, 5) is 23.7. The molecule has 7 heteroatoms. The molecule has 0 saturated carbocycles. The first-order valence-electron chi connectivity index (χ1n) is 7.35. The number of benzene rings is 1. The number of hydrogen-bond donors (Lipinski definition) is 3. The fourth-order valence-corrected chi connectivity index (χ4v) is 2.32. The summed E-state index contributed by atoms with van der Waals surface area (Å²) in [6.07, 6.45) is 0. The standard InChI is InChI=1S/C16H25N3O2S.ClH/c1-11-5-7-14(8-6-11)19-15(20)10-22-13(3)16(21)18-9-12(2)17-4;/h5-8,12-13,17H,9-10H2,1-4H3,(H,18,21)(H,19,20);1H. The molecule has 1 aromatic rings. The zero-order chi connectivity index (χ0) is 16.5. The van der Waals surface area contributed by atoms with Gasteiger partial charge in [0.2, 0.25) is 11.8 Å². The quantitative estimate of drug-likeness (QED) is 0.665. The maximum absolute atomic E-state index is 11.9. The van der Waals surface area contributed by atoms with E-state index in [-0.39, 0.29) is 41.3 Å². The lowest BCUT2D eigenvalue weighted by Gasteiger charge is -2.15. The molecule has 1 rings (SSSR count). The zero-order valence-corrected chi connectivity index (χ0v) is 15.6. The van der Waals surface area contributed by atoms with Crippen molar-refractivity contribution in [2.45, 2.75) is 32.1 Å². The van der Waals surface area contributed by atoms with E-state index in [9.17, 15) is 9.59 Å².